The summed E-state index contributed by atoms with van der Waals surface area (Å²) in [5.74, 6) is 1.09. The van der Waals surface area contributed by atoms with Crippen LogP contribution < -0.4 is 10.5 Å². The predicted octanol–water partition coefficient (Wildman–Crippen LogP) is 0.399. The van der Waals surface area contributed by atoms with Gasteiger partial charge in [-0.2, -0.15) is 0 Å². The summed E-state index contributed by atoms with van der Waals surface area (Å²) in [6.45, 7) is 3.26. The van der Waals surface area contributed by atoms with Crippen LogP contribution in [0.3, 0.4) is 0 Å². The molecule has 0 aliphatic carbocycles. The van der Waals surface area contributed by atoms with Crippen molar-refractivity contribution >= 4 is 5.82 Å². The molecular formula is C9H13N3O2. The molecule has 5 nitrogen and oxygen atoms in total. The molecule has 1 saturated heterocycles. The predicted molar refractivity (Wildman–Crippen MR) is 51.1 cm³/mol. The van der Waals surface area contributed by atoms with Crippen molar-refractivity contribution in [1.82, 2.24) is 9.97 Å². The zero-order valence-electron chi connectivity index (χ0n) is 8.06. The first-order chi connectivity index (χ1) is 6.81. The molecule has 0 unspecified atom stereocenters. The quantitative estimate of drug-likeness (QED) is 0.755. The molecule has 0 saturated carbocycles. The average Bonchev–Trinajstić information content (AvgIpc) is 2.11. The molecule has 0 spiro atoms. The topological polar surface area (TPSA) is 70.3 Å². The smallest absolute Gasteiger partial charge is 0.222 e. The Labute approximate surface area is 82.3 Å². The van der Waals surface area contributed by atoms with Crippen molar-refractivity contribution < 1.29 is 9.47 Å². The lowest BCUT2D eigenvalue weighted by Crippen LogP contribution is -2.39. The molecule has 5 heteroatoms. The van der Waals surface area contributed by atoms with Crippen LogP contribution >= 0.6 is 0 Å². The van der Waals surface area contributed by atoms with Gasteiger partial charge in [0.1, 0.15) is 18.2 Å². The van der Waals surface area contributed by atoms with Crippen LogP contribution in [0, 0.1) is 0 Å². The number of nitrogen functional groups attached to an aromatic ring is 1. The molecule has 76 valence electrons. The van der Waals surface area contributed by atoms with Gasteiger partial charge in [0, 0.05) is 0 Å². The van der Waals surface area contributed by atoms with E-state index in [-0.39, 0.29) is 6.10 Å². The SMILES string of the molecule is CCc1c(N)ncnc1OC1COC1. The molecule has 0 amide bonds. The molecule has 2 heterocycles. The zero-order chi connectivity index (χ0) is 9.97. The largest absolute Gasteiger partial charge is 0.469 e. The highest BCUT2D eigenvalue weighted by molar-refractivity contribution is 5.44. The number of aromatic nitrogens is 2. The van der Waals surface area contributed by atoms with Gasteiger partial charge in [0.2, 0.25) is 5.88 Å². The summed E-state index contributed by atoms with van der Waals surface area (Å²) in [6, 6.07) is 0. The molecule has 1 aliphatic heterocycles. The fourth-order valence-electron chi connectivity index (χ4n) is 1.28. The van der Waals surface area contributed by atoms with Crippen LogP contribution in [0.4, 0.5) is 5.82 Å². The van der Waals surface area contributed by atoms with Crippen molar-refractivity contribution in [3.63, 3.8) is 0 Å². The Morgan fingerprint density at radius 1 is 1.57 bits per heavy atom. The van der Waals surface area contributed by atoms with E-state index in [1.165, 1.54) is 6.33 Å². The molecule has 2 N–H and O–H groups in total. The molecule has 1 fully saturated rings. The van der Waals surface area contributed by atoms with Crippen molar-refractivity contribution in [1.29, 1.82) is 0 Å². The Bertz CT molecular complexity index is 326. The van der Waals surface area contributed by atoms with Gasteiger partial charge in [-0.15, -0.1) is 0 Å². The number of ether oxygens (including phenoxy) is 2. The molecule has 1 aromatic rings. The van der Waals surface area contributed by atoms with Gasteiger partial charge in [0.05, 0.1) is 18.8 Å². The normalized spacial score (nSPS) is 16.4. The van der Waals surface area contributed by atoms with Crippen molar-refractivity contribution in [3.8, 4) is 5.88 Å². The van der Waals surface area contributed by atoms with E-state index in [1.54, 1.807) is 0 Å². The van der Waals surface area contributed by atoms with Gasteiger partial charge in [0.25, 0.3) is 0 Å². The summed E-state index contributed by atoms with van der Waals surface area (Å²) < 4.78 is 10.6. The summed E-state index contributed by atoms with van der Waals surface area (Å²) in [7, 11) is 0. The third-order valence-electron chi connectivity index (χ3n) is 2.18. The maximum atomic E-state index is 5.70. The van der Waals surface area contributed by atoms with Crippen LogP contribution in [0.5, 0.6) is 5.88 Å². The van der Waals surface area contributed by atoms with E-state index in [4.69, 9.17) is 15.2 Å². The van der Waals surface area contributed by atoms with Gasteiger partial charge in [-0.1, -0.05) is 6.92 Å². The second-order valence-corrected chi connectivity index (χ2v) is 3.17. The zero-order valence-corrected chi connectivity index (χ0v) is 8.06. The first-order valence-electron chi connectivity index (χ1n) is 4.65. The van der Waals surface area contributed by atoms with Gasteiger partial charge < -0.3 is 15.2 Å². The minimum absolute atomic E-state index is 0.120. The molecule has 14 heavy (non-hydrogen) atoms. The average molecular weight is 195 g/mol. The third-order valence-corrected chi connectivity index (χ3v) is 2.18. The van der Waals surface area contributed by atoms with Crippen LogP contribution in [0.2, 0.25) is 0 Å². The number of nitrogens with zero attached hydrogens (tertiary/aromatic N) is 2. The van der Waals surface area contributed by atoms with Gasteiger partial charge in [0.15, 0.2) is 0 Å². The van der Waals surface area contributed by atoms with Gasteiger partial charge in [-0.05, 0) is 6.42 Å². The van der Waals surface area contributed by atoms with Gasteiger partial charge >= 0.3 is 0 Å². The summed E-state index contributed by atoms with van der Waals surface area (Å²) in [6.07, 6.45) is 2.31. The number of rotatable bonds is 3. The van der Waals surface area contributed by atoms with E-state index in [2.05, 4.69) is 9.97 Å². The molecule has 0 atom stereocenters. The van der Waals surface area contributed by atoms with Crippen molar-refractivity contribution in [2.75, 3.05) is 18.9 Å². The van der Waals surface area contributed by atoms with Crippen LogP contribution in [0.25, 0.3) is 0 Å². The first-order valence-corrected chi connectivity index (χ1v) is 4.65. The minimum atomic E-state index is 0.120. The number of nitrogens with two attached hydrogens (primary N) is 1. The Balaban J connectivity index is 2.17. The standard InChI is InChI=1S/C9H13N3O2/c1-2-7-8(10)11-5-12-9(7)14-6-3-13-4-6/h5-6H,2-4H2,1H3,(H2,10,11,12). The lowest BCUT2D eigenvalue weighted by molar-refractivity contribution is -0.0816. The van der Waals surface area contributed by atoms with Crippen LogP contribution in [-0.2, 0) is 11.2 Å². The Hall–Kier alpha value is -1.36. The van der Waals surface area contributed by atoms with E-state index < -0.39 is 0 Å². The van der Waals surface area contributed by atoms with Crippen molar-refractivity contribution in [3.05, 3.63) is 11.9 Å². The second-order valence-electron chi connectivity index (χ2n) is 3.17. The summed E-state index contributed by atoms with van der Waals surface area (Å²) in [4.78, 5) is 7.98. The summed E-state index contributed by atoms with van der Waals surface area (Å²) in [5.41, 5.74) is 6.58. The van der Waals surface area contributed by atoms with E-state index in [9.17, 15) is 0 Å². The number of hydrogen-bond donors (Lipinski definition) is 1. The Morgan fingerprint density at radius 3 is 2.93 bits per heavy atom. The number of hydrogen-bond acceptors (Lipinski definition) is 5. The third kappa shape index (κ3) is 1.63. The van der Waals surface area contributed by atoms with Crippen LogP contribution in [-0.4, -0.2) is 29.3 Å². The van der Waals surface area contributed by atoms with Crippen LogP contribution in [0.15, 0.2) is 6.33 Å². The molecular weight excluding hydrogens is 182 g/mol. The van der Waals surface area contributed by atoms with E-state index in [1.807, 2.05) is 6.92 Å². The Morgan fingerprint density at radius 2 is 2.36 bits per heavy atom. The van der Waals surface area contributed by atoms with Crippen molar-refractivity contribution in [2.45, 2.75) is 19.4 Å². The summed E-state index contributed by atoms with van der Waals surface area (Å²) in [5, 5.41) is 0. The second kappa shape index (κ2) is 3.79. The van der Waals surface area contributed by atoms with E-state index >= 15 is 0 Å². The van der Waals surface area contributed by atoms with Gasteiger partial charge in [-0.3, -0.25) is 0 Å². The highest BCUT2D eigenvalue weighted by atomic mass is 16.6. The van der Waals surface area contributed by atoms with Crippen LogP contribution in [0.1, 0.15) is 12.5 Å². The highest BCUT2D eigenvalue weighted by Crippen LogP contribution is 2.22. The Kier molecular flexibility index (Phi) is 2.49. The highest BCUT2D eigenvalue weighted by Gasteiger charge is 2.22. The fourth-order valence-corrected chi connectivity index (χ4v) is 1.28. The fraction of sp³-hybridized carbons (Fsp3) is 0.556. The van der Waals surface area contributed by atoms with Crippen molar-refractivity contribution in [2.24, 2.45) is 0 Å². The summed E-state index contributed by atoms with van der Waals surface area (Å²) >= 11 is 0. The molecule has 1 aromatic heterocycles. The lowest BCUT2D eigenvalue weighted by atomic mass is 10.2. The van der Waals surface area contributed by atoms with Gasteiger partial charge in [-0.25, -0.2) is 9.97 Å². The molecule has 0 radical (unpaired) electrons. The number of anilines is 1. The molecule has 0 bridgehead atoms. The molecule has 2 rings (SSSR count). The monoisotopic (exact) mass is 195 g/mol. The van der Waals surface area contributed by atoms with E-state index in [0.717, 1.165) is 12.0 Å². The van der Waals surface area contributed by atoms with E-state index in [0.29, 0.717) is 24.9 Å². The first kappa shape index (κ1) is 9.21. The maximum Gasteiger partial charge on any atom is 0.222 e. The molecule has 0 aromatic carbocycles. The molecule has 1 aliphatic rings. The maximum absolute atomic E-state index is 5.70. The minimum Gasteiger partial charge on any atom is -0.469 e. The lowest BCUT2D eigenvalue weighted by Gasteiger charge is -2.26.